The van der Waals surface area contributed by atoms with Crippen LogP contribution in [0.5, 0.6) is 5.75 Å². The number of nitrogens with two attached hydrogens (primary N) is 1. The Morgan fingerprint density at radius 2 is 2.18 bits per heavy atom. The number of methoxy groups -OCH3 is 1. The molecule has 0 spiro atoms. The van der Waals surface area contributed by atoms with Crippen LogP contribution in [0.3, 0.4) is 0 Å². The molecule has 0 radical (unpaired) electrons. The topological polar surface area (TPSA) is 35.2 Å². The van der Waals surface area contributed by atoms with Crippen molar-refractivity contribution in [3.05, 3.63) is 22.4 Å². The van der Waals surface area contributed by atoms with Crippen molar-refractivity contribution in [2.24, 2.45) is 0 Å². The zero-order valence-electron chi connectivity index (χ0n) is 5.90. The maximum absolute atomic E-state index is 12.8. The molecule has 0 aromatic heterocycles. The van der Waals surface area contributed by atoms with Crippen molar-refractivity contribution < 1.29 is 9.13 Å². The highest BCUT2D eigenvalue weighted by atomic mass is 79.9. The quantitative estimate of drug-likeness (QED) is 0.736. The largest absolute Gasteiger partial charge is 0.492 e. The van der Waals surface area contributed by atoms with Crippen LogP contribution in [-0.2, 0) is 0 Å². The van der Waals surface area contributed by atoms with E-state index in [4.69, 9.17) is 10.5 Å². The summed E-state index contributed by atoms with van der Waals surface area (Å²) in [6, 6.07) is 2.83. The summed E-state index contributed by atoms with van der Waals surface area (Å²) >= 11 is 3.15. The van der Waals surface area contributed by atoms with Crippen LogP contribution in [0.1, 0.15) is 0 Å². The van der Waals surface area contributed by atoms with Crippen LogP contribution in [-0.4, -0.2) is 7.11 Å². The Labute approximate surface area is 72.3 Å². The van der Waals surface area contributed by atoms with Gasteiger partial charge in [-0.2, -0.15) is 0 Å². The van der Waals surface area contributed by atoms with Crippen LogP contribution >= 0.6 is 15.9 Å². The van der Waals surface area contributed by atoms with Crippen molar-refractivity contribution in [2.75, 3.05) is 12.8 Å². The predicted octanol–water partition coefficient (Wildman–Crippen LogP) is 2.18. The van der Waals surface area contributed by atoms with Gasteiger partial charge in [-0.25, -0.2) is 4.39 Å². The summed E-state index contributed by atoms with van der Waals surface area (Å²) in [5, 5.41) is 0. The number of benzene rings is 1. The SMILES string of the molecule is COc1c(F)ccc(Br)c1N. The molecule has 60 valence electrons. The molecule has 0 fully saturated rings. The molecule has 0 aliphatic heterocycles. The molecule has 0 saturated carbocycles. The first-order chi connectivity index (χ1) is 5.16. The zero-order valence-corrected chi connectivity index (χ0v) is 7.48. The molecule has 0 saturated heterocycles. The summed E-state index contributed by atoms with van der Waals surface area (Å²) < 4.78 is 18.2. The standard InChI is InChI=1S/C7H7BrFNO/c1-11-7-5(9)3-2-4(8)6(7)10/h2-3H,10H2,1H3. The second-order valence-corrected chi connectivity index (χ2v) is 2.83. The minimum absolute atomic E-state index is 0.0828. The molecule has 0 aliphatic rings. The number of hydrogen-bond acceptors (Lipinski definition) is 2. The number of halogens is 2. The number of ether oxygens (including phenoxy) is 1. The Balaban J connectivity index is 3.29. The van der Waals surface area contributed by atoms with Crippen molar-refractivity contribution in [1.29, 1.82) is 0 Å². The van der Waals surface area contributed by atoms with Crippen LogP contribution in [0.2, 0.25) is 0 Å². The molecule has 1 rings (SSSR count). The molecule has 1 aromatic carbocycles. The van der Waals surface area contributed by atoms with E-state index in [-0.39, 0.29) is 11.4 Å². The van der Waals surface area contributed by atoms with Gasteiger partial charge in [0.05, 0.1) is 12.8 Å². The Morgan fingerprint density at radius 3 is 2.64 bits per heavy atom. The maximum Gasteiger partial charge on any atom is 0.178 e. The fourth-order valence-corrected chi connectivity index (χ4v) is 1.07. The fourth-order valence-electron chi connectivity index (χ4n) is 0.756. The van der Waals surface area contributed by atoms with Gasteiger partial charge in [-0.1, -0.05) is 0 Å². The molecule has 11 heavy (non-hydrogen) atoms. The van der Waals surface area contributed by atoms with E-state index in [0.29, 0.717) is 4.47 Å². The third-order valence-electron chi connectivity index (χ3n) is 1.30. The smallest absolute Gasteiger partial charge is 0.178 e. The minimum atomic E-state index is -0.451. The van der Waals surface area contributed by atoms with Gasteiger partial charge in [0.2, 0.25) is 0 Å². The van der Waals surface area contributed by atoms with Crippen molar-refractivity contribution in [3.63, 3.8) is 0 Å². The molecule has 0 atom stereocenters. The van der Waals surface area contributed by atoms with Crippen molar-refractivity contribution in [2.45, 2.75) is 0 Å². The van der Waals surface area contributed by atoms with Gasteiger partial charge in [0, 0.05) is 4.47 Å². The van der Waals surface area contributed by atoms with E-state index < -0.39 is 5.82 Å². The number of rotatable bonds is 1. The average molecular weight is 220 g/mol. The molecular weight excluding hydrogens is 213 g/mol. The molecule has 2 N–H and O–H groups in total. The molecular formula is C7H7BrFNO. The van der Waals surface area contributed by atoms with Crippen molar-refractivity contribution >= 4 is 21.6 Å². The monoisotopic (exact) mass is 219 g/mol. The maximum atomic E-state index is 12.8. The highest BCUT2D eigenvalue weighted by Crippen LogP contribution is 2.31. The summed E-state index contributed by atoms with van der Waals surface area (Å²) in [6.45, 7) is 0. The summed E-state index contributed by atoms with van der Waals surface area (Å²) in [5.41, 5.74) is 5.77. The summed E-state index contributed by atoms with van der Waals surface area (Å²) in [4.78, 5) is 0. The second-order valence-electron chi connectivity index (χ2n) is 1.98. The molecule has 0 unspecified atom stereocenters. The van der Waals surface area contributed by atoms with Gasteiger partial charge in [-0.05, 0) is 28.1 Å². The molecule has 2 nitrogen and oxygen atoms in total. The van der Waals surface area contributed by atoms with E-state index >= 15 is 0 Å². The number of hydrogen-bond donors (Lipinski definition) is 1. The summed E-state index contributed by atoms with van der Waals surface area (Å²) in [6.07, 6.45) is 0. The number of anilines is 1. The Hall–Kier alpha value is -0.770. The molecule has 0 aliphatic carbocycles. The second kappa shape index (κ2) is 3.09. The van der Waals surface area contributed by atoms with Crippen LogP contribution in [0.25, 0.3) is 0 Å². The minimum Gasteiger partial charge on any atom is -0.492 e. The first-order valence-corrected chi connectivity index (χ1v) is 3.73. The van der Waals surface area contributed by atoms with Gasteiger partial charge in [0.1, 0.15) is 0 Å². The zero-order chi connectivity index (χ0) is 8.43. The lowest BCUT2D eigenvalue weighted by Gasteiger charge is -2.05. The van der Waals surface area contributed by atoms with Gasteiger partial charge < -0.3 is 10.5 Å². The van der Waals surface area contributed by atoms with Crippen LogP contribution in [0.4, 0.5) is 10.1 Å². The lowest BCUT2D eigenvalue weighted by atomic mass is 10.3. The van der Waals surface area contributed by atoms with E-state index in [2.05, 4.69) is 15.9 Å². The van der Waals surface area contributed by atoms with Gasteiger partial charge in [-0.3, -0.25) is 0 Å². The van der Waals surface area contributed by atoms with Crippen molar-refractivity contribution in [1.82, 2.24) is 0 Å². The molecule has 0 bridgehead atoms. The highest BCUT2D eigenvalue weighted by Gasteiger charge is 2.08. The van der Waals surface area contributed by atoms with E-state index in [1.807, 2.05) is 0 Å². The van der Waals surface area contributed by atoms with Crippen LogP contribution in [0, 0.1) is 5.82 Å². The lowest BCUT2D eigenvalue weighted by Crippen LogP contribution is -1.95. The van der Waals surface area contributed by atoms with Gasteiger partial charge >= 0.3 is 0 Å². The molecule has 0 amide bonds. The van der Waals surface area contributed by atoms with Crippen LogP contribution < -0.4 is 10.5 Å². The normalized spacial score (nSPS) is 9.73. The summed E-state index contributed by atoms with van der Waals surface area (Å²) in [5.74, 6) is -0.368. The Bertz CT molecular complexity index is 277. The highest BCUT2D eigenvalue weighted by molar-refractivity contribution is 9.10. The van der Waals surface area contributed by atoms with Gasteiger partial charge in [-0.15, -0.1) is 0 Å². The van der Waals surface area contributed by atoms with Crippen LogP contribution in [0.15, 0.2) is 16.6 Å². The first-order valence-electron chi connectivity index (χ1n) is 2.94. The number of nitrogen functional groups attached to an aromatic ring is 1. The third-order valence-corrected chi connectivity index (χ3v) is 1.99. The lowest BCUT2D eigenvalue weighted by molar-refractivity contribution is 0.388. The van der Waals surface area contributed by atoms with E-state index in [0.717, 1.165) is 0 Å². The average Bonchev–Trinajstić information content (AvgIpc) is 1.99. The Kier molecular flexibility index (Phi) is 2.34. The molecule has 1 aromatic rings. The molecule has 4 heteroatoms. The molecule has 0 heterocycles. The van der Waals surface area contributed by atoms with Crippen molar-refractivity contribution in [3.8, 4) is 5.75 Å². The van der Waals surface area contributed by atoms with E-state index in [9.17, 15) is 4.39 Å². The summed E-state index contributed by atoms with van der Waals surface area (Å²) in [7, 11) is 1.38. The van der Waals surface area contributed by atoms with E-state index in [1.165, 1.54) is 19.2 Å². The van der Waals surface area contributed by atoms with E-state index in [1.54, 1.807) is 0 Å². The fraction of sp³-hybridized carbons (Fsp3) is 0.143. The van der Waals surface area contributed by atoms with Gasteiger partial charge in [0.15, 0.2) is 11.6 Å². The Morgan fingerprint density at radius 1 is 1.55 bits per heavy atom. The first kappa shape index (κ1) is 8.33. The third kappa shape index (κ3) is 1.45. The van der Waals surface area contributed by atoms with Gasteiger partial charge in [0.25, 0.3) is 0 Å². The predicted molar refractivity (Wildman–Crippen MR) is 45.1 cm³/mol.